The smallest absolute Gasteiger partial charge is 0.143 e. The number of hydrogen-bond acceptors (Lipinski definition) is 2. The van der Waals surface area contributed by atoms with Gasteiger partial charge < -0.3 is 0 Å². The minimum atomic E-state index is 0.567. The molecule has 1 unspecified atom stereocenters. The molecule has 0 aromatic carbocycles. The lowest BCUT2D eigenvalue weighted by Crippen LogP contribution is -1.85. The lowest BCUT2D eigenvalue weighted by molar-refractivity contribution is 0.423. The van der Waals surface area contributed by atoms with Gasteiger partial charge in [0.15, 0.2) is 0 Å². The Morgan fingerprint density at radius 3 is 1.44 bits per heavy atom. The molecule has 0 saturated carbocycles. The third-order valence-corrected chi connectivity index (χ3v) is 4.48. The summed E-state index contributed by atoms with van der Waals surface area (Å²) in [6, 6.07) is 0. The zero-order valence-corrected chi connectivity index (χ0v) is 13.1. The highest BCUT2D eigenvalue weighted by molar-refractivity contribution is 8.00. The summed E-state index contributed by atoms with van der Waals surface area (Å²) in [5, 5.41) is 0. The van der Waals surface area contributed by atoms with Crippen LogP contribution in [-0.4, -0.2) is 5.44 Å². The summed E-state index contributed by atoms with van der Waals surface area (Å²) in [7, 11) is 0. The van der Waals surface area contributed by atoms with Crippen LogP contribution in [0, 0.1) is 0 Å². The summed E-state index contributed by atoms with van der Waals surface area (Å²) in [6.45, 7) is 2.29. The van der Waals surface area contributed by atoms with E-state index >= 15 is 0 Å². The Labute approximate surface area is 119 Å². The van der Waals surface area contributed by atoms with E-state index in [0.29, 0.717) is 5.44 Å². The average molecular weight is 272 g/mol. The van der Waals surface area contributed by atoms with Gasteiger partial charge in [-0.3, -0.25) is 4.18 Å². The van der Waals surface area contributed by atoms with Crippen molar-refractivity contribution in [2.45, 2.75) is 102 Å². The first-order valence-electron chi connectivity index (χ1n) is 8.25. The molecule has 108 valence electrons. The highest BCUT2D eigenvalue weighted by Crippen LogP contribution is 2.37. The van der Waals surface area contributed by atoms with Crippen molar-refractivity contribution in [3.63, 3.8) is 0 Å². The van der Waals surface area contributed by atoms with E-state index < -0.39 is 0 Å². The minimum absolute atomic E-state index is 0.567. The number of hydrogen-bond donors (Lipinski definition) is 0. The minimum Gasteiger partial charge on any atom is -0.296 e. The van der Waals surface area contributed by atoms with Crippen molar-refractivity contribution in [1.29, 1.82) is 0 Å². The molecule has 18 heavy (non-hydrogen) atoms. The lowest BCUT2D eigenvalue weighted by atomic mass is 10.0. The van der Waals surface area contributed by atoms with Crippen LogP contribution in [0.2, 0.25) is 0 Å². The van der Waals surface area contributed by atoms with E-state index in [0.717, 1.165) is 0 Å². The van der Waals surface area contributed by atoms with Crippen molar-refractivity contribution in [3.05, 3.63) is 0 Å². The van der Waals surface area contributed by atoms with Gasteiger partial charge in [-0.25, -0.2) is 0 Å². The second-order valence-corrected chi connectivity index (χ2v) is 6.56. The van der Waals surface area contributed by atoms with Crippen LogP contribution in [0.5, 0.6) is 0 Å². The molecule has 1 nitrogen and oxygen atoms in total. The second-order valence-electron chi connectivity index (χ2n) is 5.65. The molecule has 1 aliphatic rings. The summed E-state index contributed by atoms with van der Waals surface area (Å²) in [4.78, 5) is 0. The second kappa shape index (κ2) is 12.3. The summed E-state index contributed by atoms with van der Waals surface area (Å²) in [5.41, 5.74) is 0.567. The van der Waals surface area contributed by atoms with Gasteiger partial charge in [-0.1, -0.05) is 84.0 Å². The first kappa shape index (κ1) is 16.4. The van der Waals surface area contributed by atoms with Crippen LogP contribution in [0.15, 0.2) is 0 Å². The molecule has 1 atom stereocenters. The summed E-state index contributed by atoms with van der Waals surface area (Å²) in [5.74, 6) is 0. The van der Waals surface area contributed by atoms with Crippen LogP contribution in [-0.2, 0) is 4.18 Å². The molecular weight excluding hydrogens is 240 g/mol. The molecule has 0 bridgehead atoms. The Balaban J connectivity index is 1.60. The number of unbranched alkanes of at least 4 members (excludes halogenated alkanes) is 12. The third kappa shape index (κ3) is 11.4. The first-order chi connectivity index (χ1) is 8.93. The van der Waals surface area contributed by atoms with Crippen molar-refractivity contribution < 1.29 is 4.18 Å². The third-order valence-electron chi connectivity index (χ3n) is 3.78. The predicted octanol–water partition coefficient (Wildman–Crippen LogP) is 6.47. The molecule has 0 aromatic heterocycles. The van der Waals surface area contributed by atoms with Crippen LogP contribution >= 0.6 is 12.0 Å². The highest BCUT2D eigenvalue weighted by Gasteiger charge is 2.23. The summed E-state index contributed by atoms with van der Waals surface area (Å²) < 4.78 is 5.13. The van der Waals surface area contributed by atoms with Gasteiger partial charge in [0.25, 0.3) is 0 Å². The predicted molar refractivity (Wildman–Crippen MR) is 82.8 cm³/mol. The average Bonchev–Trinajstić information content (AvgIpc) is 3.19. The molecule has 0 aromatic rings. The molecular formula is C16H32OS. The molecule has 1 heterocycles. The van der Waals surface area contributed by atoms with E-state index in [1.54, 1.807) is 12.0 Å². The van der Waals surface area contributed by atoms with Gasteiger partial charge in [0.05, 0.1) is 0 Å². The van der Waals surface area contributed by atoms with Gasteiger partial charge >= 0.3 is 0 Å². The Hall–Kier alpha value is 0.310. The topological polar surface area (TPSA) is 12.5 Å². The Bertz CT molecular complexity index is 168. The molecule has 0 amide bonds. The van der Waals surface area contributed by atoms with Crippen molar-refractivity contribution in [2.24, 2.45) is 0 Å². The lowest BCUT2D eigenvalue weighted by Gasteiger charge is -2.02. The van der Waals surface area contributed by atoms with Crippen LogP contribution in [0.3, 0.4) is 0 Å². The molecule has 1 saturated heterocycles. The molecule has 1 aliphatic heterocycles. The fourth-order valence-electron chi connectivity index (χ4n) is 2.46. The zero-order valence-electron chi connectivity index (χ0n) is 12.3. The quantitative estimate of drug-likeness (QED) is 0.204. The van der Waals surface area contributed by atoms with Gasteiger partial charge in [-0.05, 0) is 12.8 Å². The molecule has 1 fully saturated rings. The number of rotatable bonds is 14. The van der Waals surface area contributed by atoms with Gasteiger partial charge in [0.1, 0.15) is 5.44 Å². The van der Waals surface area contributed by atoms with E-state index in [1.807, 2.05) is 0 Å². The Morgan fingerprint density at radius 2 is 1.06 bits per heavy atom. The van der Waals surface area contributed by atoms with Crippen molar-refractivity contribution >= 4 is 12.0 Å². The van der Waals surface area contributed by atoms with E-state index in [-0.39, 0.29) is 0 Å². The molecule has 0 aliphatic carbocycles. The Kier molecular flexibility index (Phi) is 11.2. The van der Waals surface area contributed by atoms with Crippen LogP contribution < -0.4 is 0 Å². The summed E-state index contributed by atoms with van der Waals surface area (Å²) >= 11 is 1.65. The van der Waals surface area contributed by atoms with Crippen LogP contribution in [0.4, 0.5) is 0 Å². The van der Waals surface area contributed by atoms with E-state index in [2.05, 4.69) is 6.92 Å². The largest absolute Gasteiger partial charge is 0.296 e. The molecule has 0 radical (unpaired) electrons. The fourth-order valence-corrected chi connectivity index (χ4v) is 2.90. The van der Waals surface area contributed by atoms with E-state index in [1.165, 1.54) is 89.9 Å². The fraction of sp³-hybridized carbons (Fsp3) is 1.00. The SMILES string of the molecule is CCCCCCCCCCCCCCCC1OS1. The molecule has 0 spiro atoms. The normalized spacial score (nSPS) is 18.2. The first-order valence-corrected chi connectivity index (χ1v) is 9.06. The molecule has 2 heteroatoms. The monoisotopic (exact) mass is 272 g/mol. The van der Waals surface area contributed by atoms with Crippen LogP contribution in [0.25, 0.3) is 0 Å². The zero-order chi connectivity index (χ0) is 12.9. The summed E-state index contributed by atoms with van der Waals surface area (Å²) in [6.07, 6.45) is 20.0. The van der Waals surface area contributed by atoms with Crippen LogP contribution in [0.1, 0.15) is 96.8 Å². The van der Waals surface area contributed by atoms with Gasteiger partial charge in [0, 0.05) is 12.0 Å². The maximum absolute atomic E-state index is 5.13. The molecule has 0 N–H and O–H groups in total. The van der Waals surface area contributed by atoms with Crippen molar-refractivity contribution in [2.75, 3.05) is 0 Å². The van der Waals surface area contributed by atoms with Crippen molar-refractivity contribution in [3.8, 4) is 0 Å². The van der Waals surface area contributed by atoms with E-state index in [4.69, 9.17) is 4.18 Å². The van der Waals surface area contributed by atoms with Gasteiger partial charge in [0.2, 0.25) is 0 Å². The van der Waals surface area contributed by atoms with Crippen molar-refractivity contribution in [1.82, 2.24) is 0 Å². The van der Waals surface area contributed by atoms with Gasteiger partial charge in [-0.15, -0.1) is 0 Å². The standard InChI is InChI=1S/C16H32OS/c1-2-3-4-5-6-7-8-9-10-11-12-13-14-15-16-17-18-16/h16H,2-15H2,1H3. The highest BCUT2D eigenvalue weighted by atomic mass is 32.2. The Morgan fingerprint density at radius 1 is 0.667 bits per heavy atom. The van der Waals surface area contributed by atoms with E-state index in [9.17, 15) is 0 Å². The maximum atomic E-state index is 5.13. The molecule has 1 rings (SSSR count). The maximum Gasteiger partial charge on any atom is 0.143 e. The van der Waals surface area contributed by atoms with Gasteiger partial charge in [-0.2, -0.15) is 0 Å².